The van der Waals surface area contributed by atoms with Crippen LogP contribution in [0.4, 0.5) is 5.69 Å². The highest BCUT2D eigenvalue weighted by molar-refractivity contribution is 5.78. The third-order valence-corrected chi connectivity index (χ3v) is 2.19. The number of nitrogen functional groups attached to an aromatic ring is 1. The Balaban J connectivity index is 2.38. The van der Waals surface area contributed by atoms with Crippen LogP contribution in [0.5, 0.6) is 5.75 Å². The van der Waals surface area contributed by atoms with Crippen molar-refractivity contribution in [1.82, 2.24) is 5.32 Å². The molecule has 1 rings (SSSR count). The second-order valence-corrected chi connectivity index (χ2v) is 3.55. The Bertz CT molecular complexity index is 406. The van der Waals surface area contributed by atoms with Gasteiger partial charge in [0.05, 0.1) is 6.04 Å². The molecule has 0 aliphatic heterocycles. The average Bonchev–Trinajstić information content (AvgIpc) is 2.35. The summed E-state index contributed by atoms with van der Waals surface area (Å²) in [7, 11) is 0. The van der Waals surface area contributed by atoms with Crippen LogP contribution >= 0.6 is 0 Å². The summed E-state index contributed by atoms with van der Waals surface area (Å²) in [6.07, 6.45) is 5.93. The summed E-state index contributed by atoms with van der Waals surface area (Å²) in [5, 5.41) is 2.67. The van der Waals surface area contributed by atoms with E-state index in [4.69, 9.17) is 16.9 Å². The van der Waals surface area contributed by atoms with Crippen LogP contribution in [0.15, 0.2) is 24.3 Å². The highest BCUT2D eigenvalue weighted by Crippen LogP contribution is 2.12. The summed E-state index contributed by atoms with van der Waals surface area (Å²) in [5.74, 6) is 2.85. The van der Waals surface area contributed by atoms with E-state index in [1.807, 2.05) is 6.92 Å². The third-order valence-electron chi connectivity index (χ3n) is 2.19. The maximum absolute atomic E-state index is 11.5. The molecule has 1 aromatic rings. The number of carbonyl (C=O) groups excluding carboxylic acids is 1. The van der Waals surface area contributed by atoms with Gasteiger partial charge in [-0.05, 0) is 30.7 Å². The molecule has 90 valence electrons. The molecule has 0 saturated heterocycles. The Morgan fingerprint density at radius 3 is 2.71 bits per heavy atom. The van der Waals surface area contributed by atoms with Crippen molar-refractivity contribution < 1.29 is 9.53 Å². The molecule has 1 amide bonds. The van der Waals surface area contributed by atoms with Gasteiger partial charge in [0.1, 0.15) is 5.75 Å². The monoisotopic (exact) mass is 232 g/mol. The molecule has 0 heterocycles. The van der Waals surface area contributed by atoms with Gasteiger partial charge in [-0.15, -0.1) is 6.42 Å². The number of hydrogen-bond acceptors (Lipinski definition) is 3. The molecule has 4 heteroatoms. The van der Waals surface area contributed by atoms with Crippen LogP contribution in [-0.2, 0) is 4.79 Å². The molecule has 1 atom stereocenters. The summed E-state index contributed by atoms with van der Waals surface area (Å²) < 4.78 is 5.28. The minimum atomic E-state index is -0.238. The van der Waals surface area contributed by atoms with E-state index in [-0.39, 0.29) is 18.6 Å². The second kappa shape index (κ2) is 6.44. The molecule has 0 bridgehead atoms. The van der Waals surface area contributed by atoms with Gasteiger partial charge in [0.15, 0.2) is 6.61 Å². The van der Waals surface area contributed by atoms with Crippen molar-refractivity contribution in [1.29, 1.82) is 0 Å². The van der Waals surface area contributed by atoms with E-state index in [2.05, 4.69) is 11.2 Å². The highest BCUT2D eigenvalue weighted by Gasteiger charge is 2.07. The molecule has 1 unspecified atom stereocenters. The minimum Gasteiger partial charge on any atom is -0.484 e. The van der Waals surface area contributed by atoms with Gasteiger partial charge in [-0.1, -0.05) is 12.8 Å². The third kappa shape index (κ3) is 4.47. The fourth-order valence-corrected chi connectivity index (χ4v) is 1.21. The zero-order valence-electron chi connectivity index (χ0n) is 9.77. The SMILES string of the molecule is C#CC(CC)NC(=O)COc1ccc(N)cc1. The predicted molar refractivity (Wildman–Crippen MR) is 67.4 cm³/mol. The van der Waals surface area contributed by atoms with Crippen LogP contribution in [0, 0.1) is 12.3 Å². The molecule has 0 radical (unpaired) electrons. The van der Waals surface area contributed by atoms with Crippen LogP contribution in [0.1, 0.15) is 13.3 Å². The molecule has 3 N–H and O–H groups in total. The molecule has 17 heavy (non-hydrogen) atoms. The zero-order valence-corrected chi connectivity index (χ0v) is 9.77. The minimum absolute atomic E-state index is 0.0535. The zero-order chi connectivity index (χ0) is 12.7. The summed E-state index contributed by atoms with van der Waals surface area (Å²) in [5.41, 5.74) is 6.18. The average molecular weight is 232 g/mol. The first-order valence-corrected chi connectivity index (χ1v) is 5.39. The number of anilines is 1. The Labute approximate surface area is 101 Å². The quantitative estimate of drug-likeness (QED) is 0.591. The molecule has 0 spiro atoms. The van der Waals surface area contributed by atoms with Gasteiger partial charge in [0.2, 0.25) is 0 Å². The van der Waals surface area contributed by atoms with Gasteiger partial charge >= 0.3 is 0 Å². The Hall–Kier alpha value is -2.15. The molecule has 1 aromatic carbocycles. The number of rotatable bonds is 5. The van der Waals surface area contributed by atoms with E-state index in [0.717, 1.165) is 0 Å². The summed E-state index contributed by atoms with van der Waals surface area (Å²) in [4.78, 5) is 11.5. The van der Waals surface area contributed by atoms with Crippen molar-refractivity contribution in [2.45, 2.75) is 19.4 Å². The highest BCUT2D eigenvalue weighted by atomic mass is 16.5. The first-order valence-electron chi connectivity index (χ1n) is 5.39. The Morgan fingerprint density at radius 2 is 2.18 bits per heavy atom. The van der Waals surface area contributed by atoms with E-state index in [1.54, 1.807) is 24.3 Å². The lowest BCUT2D eigenvalue weighted by atomic mass is 10.2. The fraction of sp³-hybridized carbons (Fsp3) is 0.308. The number of amides is 1. The number of nitrogens with two attached hydrogens (primary N) is 1. The number of ether oxygens (including phenoxy) is 1. The lowest BCUT2D eigenvalue weighted by molar-refractivity contribution is -0.123. The van der Waals surface area contributed by atoms with E-state index in [1.165, 1.54) is 0 Å². The van der Waals surface area contributed by atoms with Gasteiger partial charge in [-0.2, -0.15) is 0 Å². The number of nitrogens with one attached hydrogen (secondary N) is 1. The van der Waals surface area contributed by atoms with E-state index >= 15 is 0 Å². The van der Waals surface area contributed by atoms with Crippen LogP contribution in [0.25, 0.3) is 0 Å². The van der Waals surface area contributed by atoms with Gasteiger partial charge in [-0.25, -0.2) is 0 Å². The van der Waals surface area contributed by atoms with E-state index in [9.17, 15) is 4.79 Å². The van der Waals surface area contributed by atoms with E-state index < -0.39 is 0 Å². The molecule has 4 nitrogen and oxygen atoms in total. The standard InChI is InChI=1S/C13H16N2O2/c1-3-11(4-2)15-13(16)9-17-12-7-5-10(14)6-8-12/h1,5-8,11H,4,9,14H2,2H3,(H,15,16). The van der Waals surface area contributed by atoms with Gasteiger partial charge in [0, 0.05) is 5.69 Å². The Morgan fingerprint density at radius 1 is 1.53 bits per heavy atom. The summed E-state index contributed by atoms with van der Waals surface area (Å²) in [6.45, 7) is 1.85. The molecule has 0 saturated carbocycles. The van der Waals surface area contributed by atoms with Crippen LogP contribution < -0.4 is 15.8 Å². The molecule has 0 fully saturated rings. The lowest BCUT2D eigenvalue weighted by Gasteiger charge is -2.11. The van der Waals surface area contributed by atoms with Gasteiger partial charge in [-0.3, -0.25) is 4.79 Å². The van der Waals surface area contributed by atoms with Crippen molar-refractivity contribution in [3.05, 3.63) is 24.3 Å². The van der Waals surface area contributed by atoms with Crippen molar-refractivity contribution in [3.8, 4) is 18.1 Å². The molecular weight excluding hydrogens is 216 g/mol. The largest absolute Gasteiger partial charge is 0.484 e. The normalized spacial score (nSPS) is 11.3. The number of carbonyl (C=O) groups is 1. The maximum atomic E-state index is 11.5. The fourth-order valence-electron chi connectivity index (χ4n) is 1.21. The van der Waals surface area contributed by atoms with Gasteiger partial charge < -0.3 is 15.8 Å². The van der Waals surface area contributed by atoms with Gasteiger partial charge in [0.25, 0.3) is 5.91 Å². The van der Waals surface area contributed by atoms with Crippen molar-refractivity contribution in [2.75, 3.05) is 12.3 Å². The molecule has 0 aliphatic rings. The Kier molecular flexibility index (Phi) is 4.89. The predicted octanol–water partition coefficient (Wildman–Crippen LogP) is 1.18. The first kappa shape index (κ1) is 12.9. The van der Waals surface area contributed by atoms with Crippen LogP contribution in [0.3, 0.4) is 0 Å². The smallest absolute Gasteiger partial charge is 0.258 e. The number of benzene rings is 1. The maximum Gasteiger partial charge on any atom is 0.258 e. The molecule has 0 aromatic heterocycles. The lowest BCUT2D eigenvalue weighted by Crippen LogP contribution is -2.36. The molecular formula is C13H16N2O2. The first-order chi connectivity index (χ1) is 8.15. The molecule has 0 aliphatic carbocycles. The van der Waals surface area contributed by atoms with Crippen LogP contribution in [-0.4, -0.2) is 18.6 Å². The van der Waals surface area contributed by atoms with E-state index in [0.29, 0.717) is 17.9 Å². The number of terminal acetylenes is 1. The van der Waals surface area contributed by atoms with Crippen molar-refractivity contribution in [3.63, 3.8) is 0 Å². The second-order valence-electron chi connectivity index (χ2n) is 3.55. The van der Waals surface area contributed by atoms with Crippen molar-refractivity contribution in [2.24, 2.45) is 0 Å². The topological polar surface area (TPSA) is 64.3 Å². The van der Waals surface area contributed by atoms with Crippen LogP contribution in [0.2, 0.25) is 0 Å². The summed E-state index contributed by atoms with van der Waals surface area (Å²) in [6, 6.07) is 6.60. The summed E-state index contributed by atoms with van der Waals surface area (Å²) >= 11 is 0. The van der Waals surface area contributed by atoms with Crippen molar-refractivity contribution >= 4 is 11.6 Å². The number of hydrogen-bond donors (Lipinski definition) is 2.